The third-order valence-corrected chi connectivity index (χ3v) is 13.5. The molecule has 1 heterocycles. The van der Waals surface area contributed by atoms with Crippen LogP contribution in [-0.2, 0) is 0 Å². The number of benzene rings is 5. The van der Waals surface area contributed by atoms with Crippen molar-refractivity contribution in [2.45, 2.75) is 202 Å². The number of hydrogen-bond donors (Lipinski definition) is 0. The molecule has 0 saturated heterocycles. The van der Waals surface area contributed by atoms with Crippen LogP contribution in [0, 0.1) is 13.8 Å². The molecule has 0 bridgehead atoms. The van der Waals surface area contributed by atoms with Crippen molar-refractivity contribution in [3.8, 4) is 11.5 Å². The predicted molar refractivity (Wildman–Crippen MR) is 256 cm³/mol. The average molecular weight is 816 g/mol. The Balaban J connectivity index is 1.52. The molecule has 6 rings (SSSR count). The topological polar surface area (TPSA) is 55.8 Å². The van der Waals surface area contributed by atoms with Crippen molar-refractivity contribution in [3.63, 3.8) is 0 Å². The Hall–Kier alpha value is -3.86. The first-order chi connectivity index (χ1) is 29.4. The summed E-state index contributed by atoms with van der Waals surface area (Å²) in [5, 5.41) is 8.42. The first-order valence-corrected chi connectivity index (χ1v) is 24.7. The van der Waals surface area contributed by atoms with Crippen molar-refractivity contribution in [2.24, 2.45) is 0 Å². The second-order valence-electron chi connectivity index (χ2n) is 18.2. The summed E-state index contributed by atoms with van der Waals surface area (Å²) >= 11 is 0. The molecule has 60 heavy (non-hydrogen) atoms. The molecule has 0 aromatic heterocycles. The second kappa shape index (κ2) is 22.8. The van der Waals surface area contributed by atoms with Gasteiger partial charge >= 0.3 is 0 Å². The smallest absolute Gasteiger partial charge is 0.261 e. The van der Waals surface area contributed by atoms with Gasteiger partial charge in [-0.05, 0) is 84.3 Å². The van der Waals surface area contributed by atoms with E-state index in [1.54, 1.807) is 4.90 Å². The molecular formula is C55H77NO4. The fourth-order valence-electron chi connectivity index (χ4n) is 10.2. The van der Waals surface area contributed by atoms with Gasteiger partial charge in [0, 0.05) is 27.6 Å². The number of hydrogen-bond acceptors (Lipinski definition) is 4. The van der Waals surface area contributed by atoms with Gasteiger partial charge in [-0.2, -0.15) is 0 Å². The lowest BCUT2D eigenvalue weighted by atomic mass is 9.82. The summed E-state index contributed by atoms with van der Waals surface area (Å²) < 4.78 is 13.8. The molecule has 0 atom stereocenters. The molecule has 2 amide bonds. The Morgan fingerprint density at radius 1 is 0.433 bits per heavy atom. The van der Waals surface area contributed by atoms with Crippen LogP contribution in [-0.4, -0.2) is 36.0 Å². The highest BCUT2D eigenvalue weighted by atomic mass is 16.5. The number of amides is 2. The van der Waals surface area contributed by atoms with E-state index in [0.717, 1.165) is 108 Å². The molecule has 0 spiro atoms. The summed E-state index contributed by atoms with van der Waals surface area (Å²) in [6.07, 6.45) is 27.3. The molecule has 0 aliphatic carbocycles. The highest BCUT2D eigenvalue weighted by Crippen LogP contribution is 2.51. The molecule has 326 valence electrons. The fourth-order valence-corrected chi connectivity index (χ4v) is 10.2. The minimum atomic E-state index is -0.161. The van der Waals surface area contributed by atoms with Gasteiger partial charge in [0.2, 0.25) is 0 Å². The SMILES string of the molecule is CCCCCCCCOc1cc2c3c(cc(OCCCCCCCC)c4c5ccc(C)c6c(C)ccc(c1c34)c65)C(=O)N(C(CCCCCCC)CCCCCCC)C2=O. The highest BCUT2D eigenvalue weighted by Gasteiger charge is 2.40. The van der Waals surface area contributed by atoms with Crippen molar-refractivity contribution in [1.29, 1.82) is 0 Å². The van der Waals surface area contributed by atoms with E-state index < -0.39 is 0 Å². The first kappa shape index (κ1) is 45.7. The summed E-state index contributed by atoms with van der Waals surface area (Å²) in [6, 6.07) is 12.9. The van der Waals surface area contributed by atoms with E-state index in [0.29, 0.717) is 24.3 Å². The van der Waals surface area contributed by atoms with Gasteiger partial charge in [-0.1, -0.05) is 180 Å². The second-order valence-corrected chi connectivity index (χ2v) is 18.2. The number of nitrogens with zero attached hydrogens (tertiary/aromatic N) is 1. The predicted octanol–water partition coefficient (Wildman–Crippen LogP) is 16.5. The number of imide groups is 1. The van der Waals surface area contributed by atoms with E-state index >= 15 is 9.59 Å². The van der Waals surface area contributed by atoms with E-state index in [9.17, 15) is 0 Å². The van der Waals surface area contributed by atoms with Crippen LogP contribution in [0.1, 0.15) is 214 Å². The number of ether oxygens (including phenoxy) is 2. The van der Waals surface area contributed by atoms with E-state index in [1.165, 1.54) is 112 Å². The molecule has 0 fully saturated rings. The third-order valence-electron chi connectivity index (χ3n) is 13.5. The summed E-state index contributed by atoms with van der Waals surface area (Å²) in [7, 11) is 0. The fraction of sp³-hybridized carbons (Fsp3) is 0.600. The van der Waals surface area contributed by atoms with Gasteiger partial charge in [0.15, 0.2) is 0 Å². The standard InChI is InChI=1S/C55H77NO4/c1-7-11-15-19-23-27-35-59-46-37-44-50-45(55(58)56(54(44)57)41(29-25-21-17-13-9-3)30-26-22-18-14-10-4)38-47(60-36-28-24-20-16-12-8-2)52-43-34-32-40(6)48-39(5)31-33-42(49(43)48)51(46)53(50)52/h31-34,37-38,41H,7-30,35-36H2,1-6H3. The molecule has 1 aliphatic rings. The normalized spacial score (nSPS) is 13.1. The Morgan fingerprint density at radius 3 is 1.23 bits per heavy atom. The largest absolute Gasteiger partial charge is 0.493 e. The molecule has 5 heteroatoms. The molecule has 0 radical (unpaired) electrons. The molecule has 5 aromatic rings. The van der Waals surface area contributed by atoms with Crippen molar-refractivity contribution >= 4 is 54.9 Å². The van der Waals surface area contributed by atoms with Gasteiger partial charge in [0.05, 0.1) is 24.3 Å². The lowest BCUT2D eigenvalue weighted by molar-refractivity contribution is 0.0516. The maximum absolute atomic E-state index is 15.2. The van der Waals surface area contributed by atoms with E-state index in [4.69, 9.17) is 9.47 Å². The molecule has 5 nitrogen and oxygen atoms in total. The Morgan fingerprint density at radius 2 is 0.817 bits per heavy atom. The average Bonchev–Trinajstić information content (AvgIpc) is 3.25. The van der Waals surface area contributed by atoms with Crippen molar-refractivity contribution in [2.75, 3.05) is 13.2 Å². The Labute approximate surface area is 362 Å². The van der Waals surface area contributed by atoms with E-state index in [1.807, 2.05) is 12.1 Å². The van der Waals surface area contributed by atoms with Crippen LogP contribution in [0.25, 0.3) is 43.1 Å². The Kier molecular flexibility index (Phi) is 17.4. The van der Waals surface area contributed by atoms with Gasteiger partial charge in [-0.3, -0.25) is 14.5 Å². The van der Waals surface area contributed by atoms with Crippen LogP contribution in [0.2, 0.25) is 0 Å². The lowest BCUT2D eigenvalue weighted by Gasteiger charge is -2.35. The monoisotopic (exact) mass is 816 g/mol. The van der Waals surface area contributed by atoms with Crippen LogP contribution in [0.3, 0.4) is 0 Å². The lowest BCUT2D eigenvalue weighted by Crippen LogP contribution is -2.47. The zero-order valence-electron chi connectivity index (χ0n) is 38.5. The number of rotatable bonds is 29. The van der Waals surface area contributed by atoms with E-state index in [-0.39, 0.29) is 17.9 Å². The Bertz CT molecular complexity index is 2020. The zero-order chi connectivity index (χ0) is 42.4. The van der Waals surface area contributed by atoms with Crippen LogP contribution >= 0.6 is 0 Å². The maximum Gasteiger partial charge on any atom is 0.261 e. The quantitative estimate of drug-likeness (QED) is 0.0209. The van der Waals surface area contributed by atoms with Crippen LogP contribution in [0.15, 0.2) is 36.4 Å². The van der Waals surface area contributed by atoms with Gasteiger partial charge < -0.3 is 9.47 Å². The molecule has 5 aromatic carbocycles. The number of fused-ring (bicyclic) bond motifs is 2. The minimum absolute atomic E-state index is 0.135. The van der Waals surface area contributed by atoms with Crippen LogP contribution in [0.4, 0.5) is 0 Å². The maximum atomic E-state index is 15.2. The first-order valence-electron chi connectivity index (χ1n) is 24.7. The molecule has 0 N–H and O–H groups in total. The van der Waals surface area contributed by atoms with Crippen LogP contribution < -0.4 is 9.47 Å². The number of carbonyl (C=O) groups excluding carboxylic acids is 2. The van der Waals surface area contributed by atoms with Crippen molar-refractivity contribution in [1.82, 2.24) is 4.90 Å². The molecule has 0 unspecified atom stereocenters. The summed E-state index contributed by atoms with van der Waals surface area (Å²) in [5.74, 6) is 1.18. The van der Waals surface area contributed by atoms with Crippen LogP contribution in [0.5, 0.6) is 11.5 Å². The van der Waals surface area contributed by atoms with Crippen molar-refractivity contribution < 1.29 is 19.1 Å². The summed E-state index contributed by atoms with van der Waals surface area (Å²) in [5.41, 5.74) is 3.68. The number of unbranched alkanes of at least 4 members (excludes halogenated alkanes) is 18. The number of carbonyl (C=O) groups is 2. The van der Waals surface area contributed by atoms with Gasteiger partial charge in [-0.15, -0.1) is 0 Å². The summed E-state index contributed by atoms with van der Waals surface area (Å²) in [6.45, 7) is 14.6. The van der Waals surface area contributed by atoms with Gasteiger partial charge in [0.25, 0.3) is 11.8 Å². The minimum Gasteiger partial charge on any atom is -0.493 e. The molecule has 1 aliphatic heterocycles. The molecule has 0 saturated carbocycles. The zero-order valence-corrected chi connectivity index (χ0v) is 38.5. The van der Waals surface area contributed by atoms with Gasteiger partial charge in [0.1, 0.15) is 11.5 Å². The highest BCUT2D eigenvalue weighted by molar-refractivity contribution is 6.40. The van der Waals surface area contributed by atoms with Gasteiger partial charge in [-0.25, -0.2) is 0 Å². The molecular weight excluding hydrogens is 739 g/mol. The number of aryl methyl sites for hydroxylation is 2. The summed E-state index contributed by atoms with van der Waals surface area (Å²) in [4.78, 5) is 32.1. The van der Waals surface area contributed by atoms with Crippen molar-refractivity contribution in [3.05, 3.63) is 58.7 Å². The van der Waals surface area contributed by atoms with E-state index in [2.05, 4.69) is 65.8 Å². The third kappa shape index (κ3) is 10.2.